The average Bonchev–Trinajstić information content (AvgIpc) is 2.99. The van der Waals surface area contributed by atoms with E-state index in [-0.39, 0.29) is 0 Å². The minimum atomic E-state index is 0.537. The minimum Gasteiger partial charge on any atom is -0.472 e. The fraction of sp³-hybridized carbons (Fsp3) is 0.250. The third-order valence-electron chi connectivity index (χ3n) is 3.48. The van der Waals surface area contributed by atoms with Gasteiger partial charge in [0.15, 0.2) is 0 Å². The summed E-state index contributed by atoms with van der Waals surface area (Å²) in [7, 11) is 0. The number of rotatable bonds is 5. The zero-order valence-electron chi connectivity index (χ0n) is 12.0. The predicted molar refractivity (Wildman–Crippen MR) is 82.4 cm³/mol. The molecule has 0 saturated heterocycles. The molecule has 0 unspecified atom stereocenters. The van der Waals surface area contributed by atoms with Crippen LogP contribution in [0.5, 0.6) is 0 Å². The molecule has 2 aromatic heterocycles. The Labute approximate surface area is 123 Å². The molecule has 108 valence electrons. The summed E-state index contributed by atoms with van der Waals surface area (Å²) in [6.45, 7) is 4.49. The van der Waals surface area contributed by atoms with Crippen LogP contribution in [0.1, 0.15) is 18.3 Å². The molecule has 0 amide bonds. The van der Waals surface area contributed by atoms with Gasteiger partial charge in [0.05, 0.1) is 24.6 Å². The summed E-state index contributed by atoms with van der Waals surface area (Å²) in [6, 6.07) is 9.78. The fourth-order valence-electron chi connectivity index (χ4n) is 2.34. The largest absolute Gasteiger partial charge is 0.472 e. The van der Waals surface area contributed by atoms with Crippen LogP contribution in [0.2, 0.25) is 0 Å². The van der Waals surface area contributed by atoms with Gasteiger partial charge in [0.25, 0.3) is 0 Å². The summed E-state index contributed by atoms with van der Waals surface area (Å²) in [5, 5.41) is 0.902. The SMILES string of the molecule is CCN(Cc1ccoc1)Cc1nc(N)c2ccccc2n1. The van der Waals surface area contributed by atoms with Crippen LogP contribution in [0.4, 0.5) is 5.82 Å². The van der Waals surface area contributed by atoms with E-state index in [1.54, 1.807) is 12.5 Å². The number of hydrogen-bond donors (Lipinski definition) is 1. The first kappa shape index (κ1) is 13.6. The first-order chi connectivity index (χ1) is 10.3. The van der Waals surface area contributed by atoms with Crippen LogP contribution in [0.15, 0.2) is 47.3 Å². The standard InChI is InChI=1S/C16H18N4O/c1-2-20(9-12-7-8-21-11-12)10-15-18-14-6-4-3-5-13(14)16(17)19-15/h3-8,11H,2,9-10H2,1H3,(H2,17,18,19). The molecule has 0 aliphatic carbocycles. The highest BCUT2D eigenvalue weighted by Gasteiger charge is 2.10. The molecule has 3 rings (SSSR count). The van der Waals surface area contributed by atoms with Gasteiger partial charge in [-0.3, -0.25) is 4.90 Å². The lowest BCUT2D eigenvalue weighted by Gasteiger charge is -2.18. The summed E-state index contributed by atoms with van der Waals surface area (Å²) < 4.78 is 5.11. The van der Waals surface area contributed by atoms with E-state index < -0.39 is 0 Å². The molecule has 0 bridgehead atoms. The Bertz CT molecular complexity index is 724. The molecule has 3 aromatic rings. The normalized spacial score (nSPS) is 11.3. The van der Waals surface area contributed by atoms with E-state index in [1.165, 1.54) is 0 Å². The topological polar surface area (TPSA) is 68.2 Å². The van der Waals surface area contributed by atoms with Crippen molar-refractivity contribution in [2.24, 2.45) is 0 Å². The van der Waals surface area contributed by atoms with Crippen LogP contribution in [0.25, 0.3) is 10.9 Å². The van der Waals surface area contributed by atoms with Gasteiger partial charge in [-0.05, 0) is 24.7 Å². The Hall–Kier alpha value is -2.40. The molecule has 0 fully saturated rings. The van der Waals surface area contributed by atoms with Crippen LogP contribution in [0.3, 0.4) is 0 Å². The Balaban J connectivity index is 1.82. The van der Waals surface area contributed by atoms with Gasteiger partial charge in [-0.15, -0.1) is 0 Å². The molecule has 5 heteroatoms. The van der Waals surface area contributed by atoms with Gasteiger partial charge >= 0.3 is 0 Å². The number of fused-ring (bicyclic) bond motifs is 1. The second-order valence-corrected chi connectivity index (χ2v) is 4.98. The lowest BCUT2D eigenvalue weighted by atomic mass is 10.2. The molecular formula is C16H18N4O. The summed E-state index contributed by atoms with van der Waals surface area (Å²) >= 11 is 0. The van der Waals surface area contributed by atoms with Crippen LogP contribution >= 0.6 is 0 Å². The predicted octanol–water partition coefficient (Wildman–Crippen LogP) is 2.83. The second-order valence-electron chi connectivity index (χ2n) is 4.98. The van der Waals surface area contributed by atoms with E-state index in [4.69, 9.17) is 10.2 Å². The van der Waals surface area contributed by atoms with Crippen LogP contribution < -0.4 is 5.73 Å². The summed E-state index contributed by atoms with van der Waals surface area (Å²) in [4.78, 5) is 11.3. The van der Waals surface area contributed by atoms with Gasteiger partial charge in [-0.25, -0.2) is 9.97 Å². The van der Waals surface area contributed by atoms with E-state index in [9.17, 15) is 0 Å². The number of benzene rings is 1. The zero-order valence-corrected chi connectivity index (χ0v) is 12.0. The number of nitrogens with two attached hydrogens (primary N) is 1. The van der Waals surface area contributed by atoms with Crippen molar-refractivity contribution in [3.8, 4) is 0 Å². The highest BCUT2D eigenvalue weighted by molar-refractivity contribution is 5.87. The fourth-order valence-corrected chi connectivity index (χ4v) is 2.34. The number of aromatic nitrogens is 2. The van der Waals surface area contributed by atoms with Crippen molar-refractivity contribution >= 4 is 16.7 Å². The van der Waals surface area contributed by atoms with Crippen molar-refractivity contribution < 1.29 is 4.42 Å². The second kappa shape index (κ2) is 5.93. The first-order valence-electron chi connectivity index (χ1n) is 7.01. The molecule has 1 aromatic carbocycles. The highest BCUT2D eigenvalue weighted by Crippen LogP contribution is 2.18. The van der Waals surface area contributed by atoms with Gasteiger partial charge < -0.3 is 10.2 Å². The van der Waals surface area contributed by atoms with Crippen LogP contribution in [-0.4, -0.2) is 21.4 Å². The Morgan fingerprint density at radius 2 is 2.00 bits per heavy atom. The van der Waals surface area contributed by atoms with Gasteiger partial charge in [0.1, 0.15) is 11.6 Å². The van der Waals surface area contributed by atoms with E-state index in [1.807, 2.05) is 30.3 Å². The van der Waals surface area contributed by atoms with Crippen molar-refractivity contribution in [1.82, 2.24) is 14.9 Å². The number of para-hydroxylation sites is 1. The van der Waals surface area contributed by atoms with E-state index >= 15 is 0 Å². The van der Waals surface area contributed by atoms with Gasteiger partial charge in [-0.2, -0.15) is 0 Å². The number of hydrogen-bond acceptors (Lipinski definition) is 5. The lowest BCUT2D eigenvalue weighted by molar-refractivity contribution is 0.264. The third-order valence-corrected chi connectivity index (χ3v) is 3.48. The van der Waals surface area contributed by atoms with Crippen molar-refractivity contribution in [2.75, 3.05) is 12.3 Å². The van der Waals surface area contributed by atoms with Gasteiger partial charge in [0.2, 0.25) is 0 Å². The summed E-state index contributed by atoms with van der Waals surface area (Å²) in [6.07, 6.45) is 3.45. The third kappa shape index (κ3) is 3.03. The number of nitrogens with zero attached hydrogens (tertiary/aromatic N) is 3. The molecule has 21 heavy (non-hydrogen) atoms. The first-order valence-corrected chi connectivity index (χ1v) is 7.01. The molecule has 0 radical (unpaired) electrons. The Morgan fingerprint density at radius 1 is 1.14 bits per heavy atom. The summed E-state index contributed by atoms with van der Waals surface area (Å²) in [5.74, 6) is 1.28. The molecule has 0 atom stereocenters. The van der Waals surface area contributed by atoms with E-state index in [0.717, 1.165) is 35.4 Å². The maximum Gasteiger partial charge on any atom is 0.145 e. The zero-order chi connectivity index (χ0) is 14.7. The minimum absolute atomic E-state index is 0.537. The van der Waals surface area contributed by atoms with Crippen LogP contribution in [0, 0.1) is 0 Å². The molecule has 0 aliphatic heterocycles. The molecule has 0 spiro atoms. The lowest BCUT2D eigenvalue weighted by Crippen LogP contribution is -2.23. The van der Waals surface area contributed by atoms with Crippen molar-refractivity contribution in [2.45, 2.75) is 20.0 Å². The molecule has 0 aliphatic rings. The van der Waals surface area contributed by atoms with E-state index in [0.29, 0.717) is 12.4 Å². The van der Waals surface area contributed by atoms with E-state index in [2.05, 4.69) is 21.8 Å². The highest BCUT2D eigenvalue weighted by atomic mass is 16.3. The Kier molecular flexibility index (Phi) is 3.83. The van der Waals surface area contributed by atoms with Gasteiger partial charge in [0, 0.05) is 17.5 Å². The number of nitrogen functional groups attached to an aromatic ring is 1. The summed E-state index contributed by atoms with van der Waals surface area (Å²) in [5.41, 5.74) is 8.06. The van der Waals surface area contributed by atoms with Crippen molar-refractivity contribution in [3.05, 3.63) is 54.2 Å². The molecule has 0 saturated carbocycles. The van der Waals surface area contributed by atoms with Crippen LogP contribution in [-0.2, 0) is 13.1 Å². The molecule has 5 nitrogen and oxygen atoms in total. The van der Waals surface area contributed by atoms with Crippen molar-refractivity contribution in [1.29, 1.82) is 0 Å². The Morgan fingerprint density at radius 3 is 2.76 bits per heavy atom. The number of anilines is 1. The smallest absolute Gasteiger partial charge is 0.145 e. The molecular weight excluding hydrogens is 264 g/mol. The molecule has 2 heterocycles. The van der Waals surface area contributed by atoms with Crippen molar-refractivity contribution in [3.63, 3.8) is 0 Å². The number of furan rings is 1. The monoisotopic (exact) mass is 282 g/mol. The quantitative estimate of drug-likeness (QED) is 0.779. The maximum absolute atomic E-state index is 6.03. The van der Waals surface area contributed by atoms with Gasteiger partial charge in [-0.1, -0.05) is 19.1 Å². The average molecular weight is 282 g/mol. The molecule has 2 N–H and O–H groups in total. The maximum atomic E-state index is 6.03.